The number of halogens is 4. The van der Waals surface area contributed by atoms with E-state index in [9.17, 15) is 18.0 Å². The van der Waals surface area contributed by atoms with Crippen LogP contribution in [0.15, 0.2) is 16.6 Å². The van der Waals surface area contributed by atoms with E-state index in [1.165, 1.54) is 0 Å². The van der Waals surface area contributed by atoms with Crippen molar-refractivity contribution in [3.05, 3.63) is 27.7 Å². The van der Waals surface area contributed by atoms with Crippen molar-refractivity contribution < 1.29 is 18.0 Å². The highest BCUT2D eigenvalue weighted by Gasteiger charge is 2.46. The van der Waals surface area contributed by atoms with Crippen molar-refractivity contribution >= 4 is 27.5 Å². The third kappa shape index (κ3) is 2.41. The van der Waals surface area contributed by atoms with Crippen molar-refractivity contribution in [3.63, 3.8) is 0 Å². The standard InChI is InChI=1S/C14H14BrF3N2O/c15-12-10(19)4-3-9-7-1-2-8(11(9)12)6-20(5-7)13(21)14(16,17)18/h3-4,7-8H,1-2,5-6,19H2. The molecule has 0 radical (unpaired) electrons. The van der Waals surface area contributed by atoms with E-state index in [1.54, 1.807) is 6.07 Å². The maximum Gasteiger partial charge on any atom is 0.471 e. The lowest BCUT2D eigenvalue weighted by molar-refractivity contribution is -0.185. The molecule has 0 spiro atoms. The molecular formula is C14H14BrF3N2O. The molecule has 21 heavy (non-hydrogen) atoms. The second-order valence-corrected chi connectivity index (χ2v) is 6.44. The van der Waals surface area contributed by atoms with E-state index in [-0.39, 0.29) is 24.9 Å². The number of nitrogens with two attached hydrogens (primary N) is 1. The molecule has 1 aromatic carbocycles. The van der Waals surface area contributed by atoms with Gasteiger partial charge in [0.05, 0.1) is 0 Å². The third-order valence-electron chi connectivity index (χ3n) is 4.37. The number of hydrogen-bond acceptors (Lipinski definition) is 2. The van der Waals surface area contributed by atoms with Crippen molar-refractivity contribution in [1.29, 1.82) is 0 Å². The molecular weight excluding hydrogens is 349 g/mol. The molecule has 0 saturated carbocycles. The minimum Gasteiger partial charge on any atom is -0.398 e. The minimum absolute atomic E-state index is 0.0538. The third-order valence-corrected chi connectivity index (χ3v) is 5.25. The Hall–Kier alpha value is -1.24. The summed E-state index contributed by atoms with van der Waals surface area (Å²) in [5, 5.41) is 0. The normalized spacial score (nSPS) is 24.7. The van der Waals surface area contributed by atoms with Crippen LogP contribution in [0.1, 0.15) is 35.8 Å². The summed E-state index contributed by atoms with van der Waals surface area (Å²) in [6.45, 7) is 0.224. The molecule has 2 N–H and O–H groups in total. The highest BCUT2D eigenvalue weighted by atomic mass is 79.9. The van der Waals surface area contributed by atoms with Gasteiger partial charge in [0.25, 0.3) is 0 Å². The van der Waals surface area contributed by atoms with Gasteiger partial charge in [0, 0.05) is 35.1 Å². The smallest absolute Gasteiger partial charge is 0.398 e. The van der Waals surface area contributed by atoms with Crippen LogP contribution in [0, 0.1) is 0 Å². The molecule has 2 unspecified atom stereocenters. The van der Waals surface area contributed by atoms with E-state index in [0.717, 1.165) is 33.3 Å². The molecule has 3 aliphatic rings. The SMILES string of the molecule is Nc1ccc2c(c1Br)C1CCC2CN(C(=O)C(F)(F)F)C1. The molecule has 1 aromatic rings. The summed E-state index contributed by atoms with van der Waals surface area (Å²) in [6, 6.07) is 3.65. The Kier molecular flexibility index (Phi) is 3.43. The second kappa shape index (κ2) is 4.90. The van der Waals surface area contributed by atoms with E-state index < -0.39 is 12.1 Å². The van der Waals surface area contributed by atoms with Crippen LogP contribution in [0.25, 0.3) is 0 Å². The summed E-state index contributed by atoms with van der Waals surface area (Å²) in [5.41, 5.74) is 8.46. The van der Waals surface area contributed by atoms with Crippen LogP contribution in [0.4, 0.5) is 18.9 Å². The summed E-state index contributed by atoms with van der Waals surface area (Å²) in [5.74, 6) is -1.89. The molecule has 2 aliphatic heterocycles. The van der Waals surface area contributed by atoms with Crippen molar-refractivity contribution in [2.75, 3.05) is 18.8 Å². The predicted octanol–water partition coefficient (Wildman–Crippen LogP) is 3.40. The highest BCUT2D eigenvalue weighted by Crippen LogP contribution is 2.47. The van der Waals surface area contributed by atoms with Crippen molar-refractivity contribution in [3.8, 4) is 0 Å². The van der Waals surface area contributed by atoms with Gasteiger partial charge in [-0.1, -0.05) is 6.07 Å². The average Bonchev–Trinajstić information content (AvgIpc) is 2.71. The van der Waals surface area contributed by atoms with Gasteiger partial charge < -0.3 is 10.6 Å². The number of carbonyl (C=O) groups is 1. The van der Waals surface area contributed by atoms with E-state index in [1.807, 2.05) is 6.07 Å². The van der Waals surface area contributed by atoms with Gasteiger partial charge >= 0.3 is 12.1 Å². The molecule has 3 nitrogen and oxygen atoms in total. The van der Waals surface area contributed by atoms with Crippen molar-refractivity contribution in [2.45, 2.75) is 30.9 Å². The van der Waals surface area contributed by atoms with Crippen LogP contribution in [0.2, 0.25) is 0 Å². The number of anilines is 1. The monoisotopic (exact) mass is 362 g/mol. The first-order valence-corrected chi connectivity index (χ1v) is 7.52. The first kappa shape index (κ1) is 14.7. The van der Waals surface area contributed by atoms with Crippen molar-refractivity contribution in [1.82, 2.24) is 4.90 Å². The molecule has 2 bridgehead atoms. The second-order valence-electron chi connectivity index (χ2n) is 5.65. The summed E-state index contributed by atoms with van der Waals surface area (Å²) in [7, 11) is 0. The lowest BCUT2D eigenvalue weighted by atomic mass is 9.78. The first-order chi connectivity index (χ1) is 9.79. The van der Waals surface area contributed by atoms with Gasteiger partial charge in [0.2, 0.25) is 0 Å². The maximum absolute atomic E-state index is 12.7. The molecule has 1 aliphatic carbocycles. The van der Waals surface area contributed by atoms with Crippen LogP contribution in [-0.4, -0.2) is 30.1 Å². The predicted molar refractivity (Wildman–Crippen MR) is 75.9 cm³/mol. The Bertz CT molecular complexity index is 603. The lowest BCUT2D eigenvalue weighted by Crippen LogP contribution is -2.42. The van der Waals surface area contributed by atoms with E-state index in [2.05, 4.69) is 15.9 Å². The van der Waals surface area contributed by atoms with Gasteiger partial charge in [0.1, 0.15) is 0 Å². The number of amides is 1. The van der Waals surface area contributed by atoms with E-state index in [0.29, 0.717) is 5.69 Å². The van der Waals surface area contributed by atoms with Gasteiger partial charge in [-0.05, 0) is 46.0 Å². The lowest BCUT2D eigenvalue weighted by Gasteiger charge is -2.27. The zero-order valence-electron chi connectivity index (χ0n) is 11.1. The number of nitrogen functional groups attached to an aromatic ring is 1. The Morgan fingerprint density at radius 3 is 2.52 bits per heavy atom. The van der Waals surface area contributed by atoms with Crippen LogP contribution < -0.4 is 5.73 Å². The molecule has 2 heterocycles. The fourth-order valence-electron chi connectivity index (χ4n) is 3.42. The summed E-state index contributed by atoms with van der Waals surface area (Å²) >= 11 is 3.45. The van der Waals surface area contributed by atoms with Crippen LogP contribution in [0.5, 0.6) is 0 Å². The average molecular weight is 363 g/mol. The zero-order valence-corrected chi connectivity index (χ0v) is 12.7. The summed E-state index contributed by atoms with van der Waals surface area (Å²) in [4.78, 5) is 12.5. The number of hydrogen-bond donors (Lipinski definition) is 1. The number of nitrogens with zero attached hydrogens (tertiary/aromatic N) is 1. The number of carbonyl (C=O) groups excluding carboxylic acids is 1. The van der Waals surface area contributed by atoms with Crippen LogP contribution >= 0.6 is 15.9 Å². The summed E-state index contributed by atoms with van der Waals surface area (Å²) in [6.07, 6.45) is -3.23. The molecule has 1 saturated heterocycles. The Balaban J connectivity index is 2.00. The van der Waals surface area contributed by atoms with Crippen LogP contribution in [-0.2, 0) is 4.79 Å². The van der Waals surface area contributed by atoms with Crippen LogP contribution in [0.3, 0.4) is 0 Å². The van der Waals surface area contributed by atoms with Crippen molar-refractivity contribution in [2.24, 2.45) is 0 Å². The van der Waals surface area contributed by atoms with E-state index in [4.69, 9.17) is 5.73 Å². The molecule has 1 amide bonds. The first-order valence-electron chi connectivity index (χ1n) is 6.73. The van der Waals surface area contributed by atoms with Gasteiger partial charge in [-0.25, -0.2) is 0 Å². The molecule has 1 fully saturated rings. The Morgan fingerprint density at radius 2 is 1.86 bits per heavy atom. The Labute approximate surface area is 128 Å². The van der Waals surface area contributed by atoms with E-state index >= 15 is 0 Å². The quantitative estimate of drug-likeness (QED) is 0.719. The molecule has 4 rings (SSSR count). The topological polar surface area (TPSA) is 46.3 Å². The number of benzene rings is 1. The van der Waals surface area contributed by atoms with Gasteiger partial charge in [-0.3, -0.25) is 4.79 Å². The molecule has 0 aromatic heterocycles. The number of fused-ring (bicyclic) bond motifs is 3. The maximum atomic E-state index is 12.7. The number of rotatable bonds is 0. The minimum atomic E-state index is -4.81. The van der Waals surface area contributed by atoms with Gasteiger partial charge in [0.15, 0.2) is 0 Å². The summed E-state index contributed by atoms with van der Waals surface area (Å²) < 4.78 is 38.8. The fraction of sp³-hybridized carbons (Fsp3) is 0.500. The van der Waals surface area contributed by atoms with Gasteiger partial charge in [-0.2, -0.15) is 13.2 Å². The largest absolute Gasteiger partial charge is 0.471 e. The molecule has 114 valence electrons. The fourth-order valence-corrected chi connectivity index (χ4v) is 4.11. The highest BCUT2D eigenvalue weighted by molar-refractivity contribution is 9.10. The molecule has 2 atom stereocenters. The number of alkyl halides is 3. The zero-order chi connectivity index (χ0) is 15.4. The molecule has 7 heteroatoms. The Morgan fingerprint density at radius 1 is 1.24 bits per heavy atom. The van der Waals surface area contributed by atoms with Gasteiger partial charge in [-0.15, -0.1) is 0 Å².